The summed E-state index contributed by atoms with van der Waals surface area (Å²) in [5, 5.41) is 8.62. The summed E-state index contributed by atoms with van der Waals surface area (Å²) >= 11 is 0. The number of nitrogens with zero attached hydrogens (tertiary/aromatic N) is 3. The van der Waals surface area contributed by atoms with E-state index in [2.05, 4.69) is 20.7 Å². The zero-order chi connectivity index (χ0) is 25.0. The van der Waals surface area contributed by atoms with Gasteiger partial charge in [0, 0.05) is 5.69 Å². The maximum Gasteiger partial charge on any atom is 0.287 e. The Bertz CT molecular complexity index is 1360. The lowest BCUT2D eigenvalue weighted by molar-refractivity contribution is -0.118. The van der Waals surface area contributed by atoms with E-state index in [0.717, 1.165) is 30.3 Å². The van der Waals surface area contributed by atoms with Crippen LogP contribution in [0.1, 0.15) is 10.4 Å². The lowest BCUT2D eigenvalue weighted by Crippen LogP contribution is -2.39. The summed E-state index contributed by atoms with van der Waals surface area (Å²) in [6.45, 7) is -0.514. The number of aromatic nitrogens is 3. The van der Waals surface area contributed by atoms with Crippen LogP contribution in [0, 0.1) is 11.6 Å². The molecule has 34 heavy (non-hydrogen) atoms. The first-order chi connectivity index (χ1) is 16.0. The molecule has 0 aliphatic rings. The Hall–Kier alpha value is -4.34. The van der Waals surface area contributed by atoms with Gasteiger partial charge in [0.1, 0.15) is 17.2 Å². The van der Waals surface area contributed by atoms with E-state index in [0.29, 0.717) is 4.68 Å². The van der Waals surface area contributed by atoms with Crippen molar-refractivity contribution in [1.29, 1.82) is 0 Å². The van der Waals surface area contributed by atoms with Crippen LogP contribution in [-0.4, -0.2) is 55.2 Å². The van der Waals surface area contributed by atoms with E-state index in [1.807, 2.05) is 0 Å². The van der Waals surface area contributed by atoms with E-state index in [9.17, 15) is 31.6 Å². The van der Waals surface area contributed by atoms with Crippen LogP contribution < -0.4 is 21.1 Å². The van der Waals surface area contributed by atoms with E-state index < -0.39 is 57.3 Å². The largest absolute Gasteiger partial charge is 0.368 e. The third-order valence-electron chi connectivity index (χ3n) is 4.17. The molecule has 0 fully saturated rings. The number of nitrogens with one attached hydrogen (secondary N) is 3. The maximum atomic E-state index is 13.9. The normalized spacial score (nSPS) is 11.0. The van der Waals surface area contributed by atoms with Gasteiger partial charge in [0.25, 0.3) is 21.8 Å². The van der Waals surface area contributed by atoms with Crippen LogP contribution in [0.15, 0.2) is 47.4 Å². The molecule has 0 unspecified atom stereocenters. The Morgan fingerprint density at radius 2 is 1.68 bits per heavy atom. The molecule has 0 aliphatic carbocycles. The molecule has 0 saturated carbocycles. The lowest BCUT2D eigenvalue weighted by Gasteiger charge is -2.08. The first kappa shape index (κ1) is 24.3. The van der Waals surface area contributed by atoms with E-state index >= 15 is 0 Å². The molecule has 2 aromatic carbocycles. The van der Waals surface area contributed by atoms with Crippen molar-refractivity contribution in [2.75, 3.05) is 17.6 Å². The Morgan fingerprint density at radius 3 is 2.26 bits per heavy atom. The molecule has 3 rings (SSSR count). The zero-order valence-electron chi connectivity index (χ0n) is 17.4. The van der Waals surface area contributed by atoms with Crippen molar-refractivity contribution < 1.29 is 31.6 Å². The SMILES string of the molecule is BC(=O)NCC(=O)NS(=O)(=O)c1ccc(Nc2nc(N)n(C(=O)c3c(F)cccc3F)n2)cc1. The fraction of sp³-hybridized carbons (Fsp3) is 0.0556. The summed E-state index contributed by atoms with van der Waals surface area (Å²) in [7, 11) is -3.03. The van der Waals surface area contributed by atoms with Crippen LogP contribution in [0.4, 0.5) is 31.2 Å². The highest BCUT2D eigenvalue weighted by molar-refractivity contribution is 7.90. The van der Waals surface area contributed by atoms with Crippen molar-refractivity contribution in [2.24, 2.45) is 0 Å². The molecule has 1 aromatic heterocycles. The molecule has 0 bridgehead atoms. The molecule has 5 N–H and O–H groups in total. The number of benzene rings is 2. The second kappa shape index (κ2) is 9.66. The number of nitrogen functional groups attached to an aromatic ring is 1. The summed E-state index contributed by atoms with van der Waals surface area (Å²) in [6, 6.07) is 7.84. The number of carbonyl (C=O) groups excluding carboxylic acids is 3. The summed E-state index contributed by atoms with van der Waals surface area (Å²) in [5.41, 5.74) is 5.05. The van der Waals surface area contributed by atoms with Gasteiger partial charge in [0.2, 0.25) is 19.7 Å². The van der Waals surface area contributed by atoms with Crippen LogP contribution in [0.25, 0.3) is 0 Å². The van der Waals surface area contributed by atoms with Crippen molar-refractivity contribution in [3.05, 3.63) is 59.7 Å². The molecule has 3 aromatic rings. The monoisotopic (exact) mass is 491 g/mol. The van der Waals surface area contributed by atoms with Crippen LogP contribution in [0.3, 0.4) is 0 Å². The van der Waals surface area contributed by atoms with Crippen molar-refractivity contribution in [3.63, 3.8) is 0 Å². The molecule has 0 spiro atoms. The first-order valence-corrected chi connectivity index (χ1v) is 10.8. The second-order valence-electron chi connectivity index (χ2n) is 6.70. The fourth-order valence-corrected chi connectivity index (χ4v) is 3.61. The highest BCUT2D eigenvalue weighted by Gasteiger charge is 2.23. The van der Waals surface area contributed by atoms with Gasteiger partial charge in [-0.25, -0.2) is 21.9 Å². The molecule has 1 heterocycles. The van der Waals surface area contributed by atoms with E-state index in [-0.39, 0.29) is 16.5 Å². The third-order valence-corrected chi connectivity index (χ3v) is 5.56. The fourth-order valence-electron chi connectivity index (χ4n) is 2.63. The number of nitrogens with two attached hydrogens (primary N) is 1. The molecular weight excluding hydrogens is 475 g/mol. The molecule has 12 nitrogen and oxygen atoms in total. The average molecular weight is 491 g/mol. The summed E-state index contributed by atoms with van der Waals surface area (Å²) in [6.07, 6.45) is 0. The lowest BCUT2D eigenvalue weighted by atomic mass is 10.1. The van der Waals surface area contributed by atoms with Gasteiger partial charge in [-0.15, -0.1) is 5.10 Å². The molecule has 0 saturated heterocycles. The van der Waals surface area contributed by atoms with Crippen molar-refractivity contribution in [3.8, 4) is 0 Å². The quantitative estimate of drug-likeness (QED) is 0.324. The number of anilines is 3. The topological polar surface area (TPSA) is 178 Å². The van der Waals surface area contributed by atoms with Crippen molar-refractivity contribution >= 4 is 53.1 Å². The predicted octanol–water partition coefficient (Wildman–Crippen LogP) is -0.282. The maximum absolute atomic E-state index is 13.9. The smallest absolute Gasteiger partial charge is 0.287 e. The molecule has 2 amide bonds. The van der Waals surface area contributed by atoms with Gasteiger partial charge in [0.15, 0.2) is 5.81 Å². The molecule has 0 atom stereocenters. The van der Waals surface area contributed by atoms with Gasteiger partial charge in [-0.3, -0.25) is 14.4 Å². The predicted molar refractivity (Wildman–Crippen MR) is 118 cm³/mol. The first-order valence-electron chi connectivity index (χ1n) is 9.36. The van der Waals surface area contributed by atoms with E-state index in [1.165, 1.54) is 20.0 Å². The van der Waals surface area contributed by atoms with Crippen LogP contribution in [-0.2, 0) is 14.8 Å². The van der Waals surface area contributed by atoms with Gasteiger partial charge in [-0.2, -0.15) is 9.67 Å². The number of carbonyl (C=O) groups is 3. The second-order valence-corrected chi connectivity index (χ2v) is 8.38. The summed E-state index contributed by atoms with van der Waals surface area (Å²) < 4.78 is 54.6. The van der Waals surface area contributed by atoms with Gasteiger partial charge in [-0.1, -0.05) is 6.07 Å². The highest BCUT2D eigenvalue weighted by atomic mass is 32.2. The Kier molecular flexibility index (Phi) is 6.90. The number of hydrogen-bond donors (Lipinski definition) is 4. The Balaban J connectivity index is 1.73. The van der Waals surface area contributed by atoms with Crippen molar-refractivity contribution in [1.82, 2.24) is 24.8 Å². The number of amides is 2. The number of hydrogen-bond acceptors (Lipinski definition) is 9. The third kappa shape index (κ3) is 5.53. The van der Waals surface area contributed by atoms with Gasteiger partial charge in [-0.05, 0) is 36.4 Å². The zero-order valence-corrected chi connectivity index (χ0v) is 18.2. The minimum absolute atomic E-state index is 0.207. The summed E-state index contributed by atoms with van der Waals surface area (Å²) in [5.74, 6) is -5.46. The standard InChI is InChI=1S/C18H16BF2N7O5S/c19-16(31)23-8-13(29)27-34(32,33)10-6-4-9(5-7-10)24-18-25-17(22)28(26-18)15(30)14-11(20)2-1-3-12(14)21/h1-7H,8,19H2,(H,23,31)(H,27,29)(H3,22,24,25,26). The van der Waals surface area contributed by atoms with Gasteiger partial charge < -0.3 is 16.4 Å². The van der Waals surface area contributed by atoms with Gasteiger partial charge in [0.05, 0.1) is 11.4 Å². The molecule has 0 aliphatic heterocycles. The molecule has 16 heteroatoms. The van der Waals surface area contributed by atoms with Crippen LogP contribution in [0.2, 0.25) is 0 Å². The number of rotatable bonds is 7. The Morgan fingerprint density at radius 1 is 1.06 bits per heavy atom. The average Bonchev–Trinajstić information content (AvgIpc) is 3.12. The minimum atomic E-state index is -4.20. The van der Waals surface area contributed by atoms with E-state index in [1.54, 1.807) is 4.72 Å². The van der Waals surface area contributed by atoms with Crippen molar-refractivity contribution in [2.45, 2.75) is 4.90 Å². The number of halogens is 2. The minimum Gasteiger partial charge on any atom is -0.368 e. The van der Waals surface area contributed by atoms with Gasteiger partial charge >= 0.3 is 0 Å². The number of sulfonamides is 1. The van der Waals surface area contributed by atoms with Crippen LogP contribution in [0.5, 0.6) is 0 Å². The Labute approximate surface area is 192 Å². The molecule has 176 valence electrons. The van der Waals surface area contributed by atoms with Crippen LogP contribution >= 0.6 is 0 Å². The molecule has 0 radical (unpaired) electrons. The summed E-state index contributed by atoms with van der Waals surface area (Å²) in [4.78, 5) is 38.5. The highest BCUT2D eigenvalue weighted by Crippen LogP contribution is 2.19. The molecular formula is C18H16BF2N7O5S. The van der Waals surface area contributed by atoms with E-state index in [4.69, 9.17) is 5.73 Å².